The van der Waals surface area contributed by atoms with E-state index in [1.165, 1.54) is 6.07 Å². The Morgan fingerprint density at radius 2 is 1.59 bits per heavy atom. The minimum absolute atomic E-state index is 0.125. The summed E-state index contributed by atoms with van der Waals surface area (Å²) in [5.41, 5.74) is 0.590. The van der Waals surface area contributed by atoms with Crippen molar-refractivity contribution in [1.29, 1.82) is 0 Å². The van der Waals surface area contributed by atoms with Crippen LogP contribution in [0.3, 0.4) is 0 Å². The molecule has 5 aromatic rings. The minimum atomic E-state index is -4.55. The number of hydrogen-bond donors (Lipinski definition) is 1. The maximum Gasteiger partial charge on any atom is 0.419 e. The molecule has 0 fully saturated rings. The van der Waals surface area contributed by atoms with Gasteiger partial charge in [0.05, 0.1) is 34.3 Å². The summed E-state index contributed by atoms with van der Waals surface area (Å²) in [4.78, 5) is 29.7. The first-order valence-corrected chi connectivity index (χ1v) is 12.9. The minimum Gasteiger partial charge on any atom is -0.477 e. The molecule has 5 rings (SSSR count). The molecule has 0 aliphatic carbocycles. The lowest BCUT2D eigenvalue weighted by molar-refractivity contribution is -0.137. The molecule has 0 aliphatic rings. The van der Waals surface area contributed by atoms with Gasteiger partial charge in [-0.1, -0.05) is 48.9 Å². The normalized spacial score (nSPS) is 13.0. The van der Waals surface area contributed by atoms with Gasteiger partial charge in [-0.3, -0.25) is 9.97 Å². The van der Waals surface area contributed by atoms with Gasteiger partial charge in [0, 0.05) is 24.8 Å². The Balaban J connectivity index is 1.63. The predicted molar refractivity (Wildman–Crippen MR) is 143 cm³/mol. The fourth-order valence-electron chi connectivity index (χ4n) is 4.88. The topological polar surface area (TPSA) is 107 Å². The Bertz CT molecular complexity index is 1630. The second-order valence-corrected chi connectivity index (χ2v) is 9.44. The number of carboxylic acids is 1. The van der Waals surface area contributed by atoms with Crippen molar-refractivity contribution < 1.29 is 23.1 Å². The zero-order valence-corrected chi connectivity index (χ0v) is 21.7. The maximum absolute atomic E-state index is 13.3. The second-order valence-electron chi connectivity index (χ2n) is 9.44. The summed E-state index contributed by atoms with van der Waals surface area (Å²) >= 11 is 0. The number of nitrogens with zero attached hydrogens (tertiary/aromatic N) is 6. The summed E-state index contributed by atoms with van der Waals surface area (Å²) in [5.74, 6) is -0.985. The lowest BCUT2D eigenvalue weighted by Crippen LogP contribution is -2.32. The van der Waals surface area contributed by atoms with Gasteiger partial charge in [0.15, 0.2) is 5.82 Å². The molecule has 0 spiro atoms. The van der Waals surface area contributed by atoms with Crippen LogP contribution >= 0.6 is 0 Å². The molecule has 4 heterocycles. The molecular weight excluding hydrogens is 533 g/mol. The third-order valence-corrected chi connectivity index (χ3v) is 6.84. The van der Waals surface area contributed by atoms with Crippen molar-refractivity contribution in [2.24, 2.45) is 0 Å². The first-order chi connectivity index (χ1) is 19.8. The number of aromatic nitrogens is 6. The molecule has 1 N–H and O–H groups in total. The van der Waals surface area contributed by atoms with Gasteiger partial charge in [0.1, 0.15) is 5.69 Å². The molecule has 4 aromatic heterocycles. The first-order valence-electron chi connectivity index (χ1n) is 12.9. The monoisotopic (exact) mass is 558 g/mol. The smallest absolute Gasteiger partial charge is 0.419 e. The van der Waals surface area contributed by atoms with E-state index in [0.29, 0.717) is 30.7 Å². The molecule has 208 valence electrons. The first kappa shape index (κ1) is 27.6. The summed E-state index contributed by atoms with van der Waals surface area (Å²) in [6.45, 7) is 0. The number of carboxylic acid groups (broad SMARTS) is 1. The Labute approximate surface area is 233 Å². The van der Waals surface area contributed by atoms with Crippen LogP contribution in [0.4, 0.5) is 13.2 Å². The van der Waals surface area contributed by atoms with E-state index in [0.717, 1.165) is 34.8 Å². The highest BCUT2D eigenvalue weighted by molar-refractivity contribution is 5.85. The molecular formula is C30H25F3N6O2. The molecule has 8 nitrogen and oxygen atoms in total. The van der Waals surface area contributed by atoms with Gasteiger partial charge < -0.3 is 5.11 Å². The quantitative estimate of drug-likeness (QED) is 0.212. The fourth-order valence-corrected chi connectivity index (χ4v) is 4.88. The van der Waals surface area contributed by atoms with Crippen LogP contribution in [0.15, 0.2) is 97.7 Å². The van der Waals surface area contributed by atoms with Gasteiger partial charge in [-0.05, 0) is 49.1 Å². The lowest BCUT2D eigenvalue weighted by Gasteiger charge is -2.34. The number of carbonyl (C=O) groups is 1. The summed E-state index contributed by atoms with van der Waals surface area (Å²) < 4.78 is 40.9. The van der Waals surface area contributed by atoms with E-state index in [2.05, 4.69) is 20.1 Å². The molecule has 0 bridgehead atoms. The molecule has 0 radical (unpaired) electrons. The number of benzene rings is 1. The van der Waals surface area contributed by atoms with Gasteiger partial charge >= 0.3 is 12.1 Å². The van der Waals surface area contributed by atoms with Gasteiger partial charge in [-0.25, -0.2) is 19.4 Å². The van der Waals surface area contributed by atoms with E-state index in [-0.39, 0.29) is 11.5 Å². The van der Waals surface area contributed by atoms with Crippen molar-refractivity contribution in [3.05, 3.63) is 132 Å². The molecule has 1 atom stereocenters. The Morgan fingerprint density at radius 3 is 2.27 bits per heavy atom. The van der Waals surface area contributed by atoms with Gasteiger partial charge in [0.25, 0.3) is 0 Å². The van der Waals surface area contributed by atoms with E-state index in [1.54, 1.807) is 48.9 Å². The van der Waals surface area contributed by atoms with Crippen molar-refractivity contribution in [2.75, 3.05) is 0 Å². The molecule has 11 heteroatoms. The van der Waals surface area contributed by atoms with Gasteiger partial charge in [-0.15, -0.1) is 0 Å². The number of unbranched alkanes of at least 4 members (excludes halogenated alkanes) is 1. The number of rotatable bonds is 10. The zero-order chi connectivity index (χ0) is 28.9. The van der Waals surface area contributed by atoms with Crippen LogP contribution in [-0.4, -0.2) is 40.8 Å². The molecule has 0 saturated carbocycles. The zero-order valence-electron chi connectivity index (χ0n) is 21.7. The number of pyridine rings is 2. The van der Waals surface area contributed by atoms with Crippen molar-refractivity contribution in [2.45, 2.75) is 37.3 Å². The molecule has 0 saturated heterocycles. The van der Waals surface area contributed by atoms with Gasteiger partial charge in [-0.2, -0.15) is 18.3 Å². The lowest BCUT2D eigenvalue weighted by atomic mass is 9.70. The summed E-state index contributed by atoms with van der Waals surface area (Å²) in [5, 5.41) is 13.6. The summed E-state index contributed by atoms with van der Waals surface area (Å²) in [7, 11) is 0. The van der Waals surface area contributed by atoms with Crippen LogP contribution in [0.5, 0.6) is 0 Å². The SMILES string of the molecule is O=C(O)c1cccc(C(CCCCc2cnccn2)(c2ccccc2)c2cccc(-n3cc(C(F)(F)F)cn3)n2)n1. The van der Waals surface area contributed by atoms with Crippen LogP contribution < -0.4 is 0 Å². The average Bonchev–Trinajstić information content (AvgIpc) is 3.50. The van der Waals surface area contributed by atoms with E-state index in [4.69, 9.17) is 4.98 Å². The number of halogens is 3. The maximum atomic E-state index is 13.3. The fraction of sp³-hybridized carbons (Fsp3) is 0.200. The molecule has 1 aromatic carbocycles. The predicted octanol–water partition coefficient (Wildman–Crippen LogP) is 5.92. The molecule has 41 heavy (non-hydrogen) atoms. The molecule has 0 aliphatic heterocycles. The Kier molecular flexibility index (Phi) is 7.86. The largest absolute Gasteiger partial charge is 0.477 e. The molecule has 0 amide bonds. The van der Waals surface area contributed by atoms with Crippen LogP contribution in [0.1, 0.15) is 58.0 Å². The van der Waals surface area contributed by atoms with Crippen LogP contribution in [-0.2, 0) is 18.0 Å². The van der Waals surface area contributed by atoms with Crippen LogP contribution in [0.25, 0.3) is 5.82 Å². The van der Waals surface area contributed by atoms with E-state index < -0.39 is 23.1 Å². The number of hydrogen-bond acceptors (Lipinski definition) is 6. The highest BCUT2D eigenvalue weighted by atomic mass is 19.4. The third kappa shape index (κ3) is 5.98. The van der Waals surface area contributed by atoms with Crippen molar-refractivity contribution >= 4 is 5.97 Å². The third-order valence-electron chi connectivity index (χ3n) is 6.84. The standard InChI is InChI=1S/C30H25F3N6O2/c31-30(32,33)22-18-36-39(20-22)27-14-7-13-26(38-27)29(21-8-2-1-3-9-21,25-12-6-11-24(37-25)28(40)41)15-5-4-10-23-19-34-16-17-35-23/h1-3,6-9,11-14,16-20H,4-5,10,15H2,(H,40,41). The summed E-state index contributed by atoms with van der Waals surface area (Å²) in [6, 6.07) is 19.3. The van der Waals surface area contributed by atoms with E-state index >= 15 is 0 Å². The second kappa shape index (κ2) is 11.7. The Hall–Kier alpha value is -4.93. The molecule has 1 unspecified atom stereocenters. The number of alkyl halides is 3. The Morgan fingerprint density at radius 1 is 0.829 bits per heavy atom. The van der Waals surface area contributed by atoms with Crippen LogP contribution in [0, 0.1) is 0 Å². The number of aromatic carboxylic acids is 1. The van der Waals surface area contributed by atoms with Crippen molar-refractivity contribution in [3.63, 3.8) is 0 Å². The number of aryl methyl sites for hydroxylation is 1. The highest BCUT2D eigenvalue weighted by Crippen LogP contribution is 2.42. The van der Waals surface area contributed by atoms with Crippen molar-refractivity contribution in [1.82, 2.24) is 29.7 Å². The highest BCUT2D eigenvalue weighted by Gasteiger charge is 2.39. The van der Waals surface area contributed by atoms with E-state index in [1.807, 2.05) is 30.3 Å². The summed E-state index contributed by atoms with van der Waals surface area (Å²) in [6.07, 6.45) is 4.65. The van der Waals surface area contributed by atoms with Crippen molar-refractivity contribution in [3.8, 4) is 5.82 Å². The van der Waals surface area contributed by atoms with Crippen LogP contribution in [0.2, 0.25) is 0 Å². The van der Waals surface area contributed by atoms with Gasteiger partial charge in [0.2, 0.25) is 0 Å². The van der Waals surface area contributed by atoms with E-state index in [9.17, 15) is 23.1 Å². The average molecular weight is 559 g/mol.